The summed E-state index contributed by atoms with van der Waals surface area (Å²) in [6.45, 7) is -0.320. The molecule has 0 aliphatic carbocycles. The minimum atomic E-state index is -1.19. The lowest BCUT2D eigenvalue weighted by molar-refractivity contribution is -0.139. The van der Waals surface area contributed by atoms with Gasteiger partial charge in [-0.1, -0.05) is 11.6 Å². The van der Waals surface area contributed by atoms with Crippen LogP contribution < -0.4 is 5.32 Å². The number of rotatable bonds is 5. The van der Waals surface area contributed by atoms with E-state index in [9.17, 15) is 9.59 Å². The van der Waals surface area contributed by atoms with Crippen molar-refractivity contribution >= 4 is 39.4 Å². The molecule has 0 spiro atoms. The van der Waals surface area contributed by atoms with Crippen LogP contribution in [0, 0.1) is 0 Å². The van der Waals surface area contributed by atoms with Crippen LogP contribution in [-0.4, -0.2) is 34.7 Å². The first-order chi connectivity index (χ1) is 8.45. The molecule has 0 fully saturated rings. The number of benzene rings is 1. The van der Waals surface area contributed by atoms with E-state index in [0.29, 0.717) is 9.50 Å². The van der Waals surface area contributed by atoms with Crippen molar-refractivity contribution in [2.24, 2.45) is 0 Å². The Morgan fingerprint density at radius 2 is 2.11 bits per heavy atom. The molecule has 3 N–H and O–H groups in total. The summed E-state index contributed by atoms with van der Waals surface area (Å²) < 4.78 is 0.473. The van der Waals surface area contributed by atoms with Crippen molar-refractivity contribution in [1.82, 2.24) is 5.32 Å². The van der Waals surface area contributed by atoms with Crippen LogP contribution in [0.3, 0.4) is 0 Å². The van der Waals surface area contributed by atoms with Crippen molar-refractivity contribution < 1.29 is 19.8 Å². The van der Waals surface area contributed by atoms with Gasteiger partial charge < -0.3 is 15.5 Å². The van der Waals surface area contributed by atoms with E-state index in [0.717, 1.165) is 0 Å². The summed E-state index contributed by atoms with van der Waals surface area (Å²) in [5.41, 5.74) is 0.281. The molecule has 1 amide bonds. The average molecular weight is 337 g/mol. The first kappa shape index (κ1) is 14.9. The van der Waals surface area contributed by atoms with Crippen LogP contribution in [0.4, 0.5) is 0 Å². The molecule has 0 saturated carbocycles. The Morgan fingerprint density at radius 1 is 1.44 bits per heavy atom. The van der Waals surface area contributed by atoms with E-state index in [1.54, 1.807) is 0 Å². The Balaban J connectivity index is 2.83. The zero-order valence-corrected chi connectivity index (χ0v) is 11.5. The van der Waals surface area contributed by atoms with Gasteiger partial charge in [-0.05, 0) is 34.1 Å². The monoisotopic (exact) mass is 335 g/mol. The van der Waals surface area contributed by atoms with Gasteiger partial charge in [-0.3, -0.25) is 4.79 Å². The van der Waals surface area contributed by atoms with E-state index < -0.39 is 17.9 Å². The number of carbonyl (C=O) groups is 2. The Morgan fingerprint density at radius 3 is 2.61 bits per heavy atom. The molecule has 1 aromatic rings. The van der Waals surface area contributed by atoms with Crippen LogP contribution in [-0.2, 0) is 4.79 Å². The van der Waals surface area contributed by atoms with E-state index in [1.165, 1.54) is 18.2 Å². The molecule has 1 aromatic carbocycles. The van der Waals surface area contributed by atoms with Crippen molar-refractivity contribution in [1.29, 1.82) is 0 Å². The topological polar surface area (TPSA) is 86.6 Å². The molecule has 0 heterocycles. The molecule has 1 rings (SSSR count). The van der Waals surface area contributed by atoms with Gasteiger partial charge in [0.05, 0.1) is 5.56 Å². The summed E-state index contributed by atoms with van der Waals surface area (Å²) in [5.74, 6) is -1.73. The van der Waals surface area contributed by atoms with E-state index >= 15 is 0 Å². The van der Waals surface area contributed by atoms with Gasteiger partial charge in [-0.2, -0.15) is 0 Å². The lowest BCUT2D eigenvalue weighted by Gasteiger charge is -2.13. The van der Waals surface area contributed by atoms with Gasteiger partial charge in [-0.25, -0.2) is 4.79 Å². The zero-order valence-electron chi connectivity index (χ0n) is 9.19. The number of hydrogen-bond acceptors (Lipinski definition) is 3. The molecule has 1 atom stereocenters. The summed E-state index contributed by atoms with van der Waals surface area (Å²) in [4.78, 5) is 22.7. The van der Waals surface area contributed by atoms with Crippen molar-refractivity contribution in [3.8, 4) is 0 Å². The third-order valence-electron chi connectivity index (χ3n) is 2.20. The Kier molecular flexibility index (Phi) is 5.58. The predicted molar refractivity (Wildman–Crippen MR) is 69.7 cm³/mol. The molecule has 0 aromatic heterocycles. The van der Waals surface area contributed by atoms with E-state index in [1.807, 2.05) is 0 Å². The van der Waals surface area contributed by atoms with Gasteiger partial charge in [-0.15, -0.1) is 0 Å². The summed E-state index contributed by atoms with van der Waals surface area (Å²) in [7, 11) is 0. The standard InChI is InChI=1S/C11H11BrClNO4/c12-8-5-6(13)1-2-7(8)10(16)14-9(3-4-15)11(17)18/h1-2,5,9,15H,3-4H2,(H,14,16)(H,17,18)/t9-/m1/s1. The molecule has 0 aliphatic heterocycles. The van der Waals surface area contributed by atoms with Gasteiger partial charge in [0.2, 0.25) is 0 Å². The van der Waals surface area contributed by atoms with Crippen molar-refractivity contribution in [3.05, 3.63) is 33.3 Å². The van der Waals surface area contributed by atoms with Crippen molar-refractivity contribution in [2.45, 2.75) is 12.5 Å². The highest BCUT2D eigenvalue weighted by molar-refractivity contribution is 9.10. The van der Waals surface area contributed by atoms with Crippen LogP contribution in [0.25, 0.3) is 0 Å². The average Bonchev–Trinajstić information content (AvgIpc) is 2.27. The molecule has 18 heavy (non-hydrogen) atoms. The molecule has 0 unspecified atom stereocenters. The third-order valence-corrected chi connectivity index (χ3v) is 3.09. The fourth-order valence-corrected chi connectivity index (χ4v) is 2.16. The molecule has 0 aliphatic rings. The fraction of sp³-hybridized carbons (Fsp3) is 0.273. The summed E-state index contributed by atoms with van der Waals surface area (Å²) in [6.07, 6.45) is -0.0493. The second-order valence-electron chi connectivity index (χ2n) is 3.50. The van der Waals surface area contributed by atoms with Crippen molar-refractivity contribution in [3.63, 3.8) is 0 Å². The summed E-state index contributed by atoms with van der Waals surface area (Å²) >= 11 is 8.91. The number of aliphatic hydroxyl groups excluding tert-OH is 1. The fourth-order valence-electron chi connectivity index (χ4n) is 1.30. The maximum atomic E-state index is 11.8. The number of aliphatic hydroxyl groups is 1. The molecule has 0 bridgehead atoms. The maximum absolute atomic E-state index is 11.8. The molecule has 0 saturated heterocycles. The first-order valence-corrected chi connectivity index (χ1v) is 6.22. The summed E-state index contributed by atoms with van der Waals surface area (Å²) in [6, 6.07) is 3.44. The quantitative estimate of drug-likeness (QED) is 0.763. The predicted octanol–water partition coefficient (Wildman–Crippen LogP) is 1.67. The molecular formula is C11H11BrClNO4. The van der Waals surface area contributed by atoms with Gasteiger partial charge in [0.15, 0.2) is 0 Å². The number of hydrogen-bond donors (Lipinski definition) is 3. The lowest BCUT2D eigenvalue weighted by Crippen LogP contribution is -2.41. The minimum absolute atomic E-state index is 0.0493. The lowest BCUT2D eigenvalue weighted by atomic mass is 10.1. The minimum Gasteiger partial charge on any atom is -0.480 e. The molecule has 98 valence electrons. The van der Waals surface area contributed by atoms with Crippen LogP contribution in [0.5, 0.6) is 0 Å². The molecule has 5 nitrogen and oxygen atoms in total. The Bertz CT molecular complexity index is 466. The van der Waals surface area contributed by atoms with E-state index in [2.05, 4.69) is 21.2 Å². The zero-order chi connectivity index (χ0) is 13.7. The Labute approximate surface area is 117 Å². The van der Waals surface area contributed by atoms with Crippen LogP contribution in [0.15, 0.2) is 22.7 Å². The van der Waals surface area contributed by atoms with Gasteiger partial charge in [0.25, 0.3) is 5.91 Å². The van der Waals surface area contributed by atoms with Crippen LogP contribution >= 0.6 is 27.5 Å². The van der Waals surface area contributed by atoms with Gasteiger partial charge in [0.1, 0.15) is 6.04 Å². The highest BCUT2D eigenvalue weighted by Crippen LogP contribution is 2.21. The number of nitrogens with one attached hydrogen (secondary N) is 1. The number of amides is 1. The van der Waals surface area contributed by atoms with E-state index in [4.69, 9.17) is 21.8 Å². The van der Waals surface area contributed by atoms with Crippen molar-refractivity contribution in [2.75, 3.05) is 6.61 Å². The molecule has 0 radical (unpaired) electrons. The maximum Gasteiger partial charge on any atom is 0.326 e. The Hall–Kier alpha value is -1.11. The largest absolute Gasteiger partial charge is 0.480 e. The highest BCUT2D eigenvalue weighted by Gasteiger charge is 2.21. The van der Waals surface area contributed by atoms with E-state index in [-0.39, 0.29) is 18.6 Å². The SMILES string of the molecule is O=C(N[C@H](CCO)C(=O)O)c1ccc(Cl)cc1Br. The third kappa shape index (κ3) is 3.97. The number of carboxylic acids is 1. The molecule has 7 heteroatoms. The highest BCUT2D eigenvalue weighted by atomic mass is 79.9. The number of carboxylic acid groups (broad SMARTS) is 1. The van der Waals surface area contributed by atoms with Crippen LogP contribution in [0.1, 0.15) is 16.8 Å². The summed E-state index contributed by atoms with van der Waals surface area (Å²) in [5, 5.41) is 20.4. The second kappa shape index (κ2) is 6.72. The smallest absolute Gasteiger partial charge is 0.326 e. The number of halogens is 2. The number of carbonyl (C=O) groups excluding carboxylic acids is 1. The second-order valence-corrected chi connectivity index (χ2v) is 4.79. The van der Waals surface area contributed by atoms with Gasteiger partial charge in [0, 0.05) is 22.5 Å². The van der Waals surface area contributed by atoms with Crippen LogP contribution in [0.2, 0.25) is 5.02 Å². The number of aliphatic carboxylic acids is 1. The molecular weight excluding hydrogens is 325 g/mol. The first-order valence-electron chi connectivity index (χ1n) is 5.05. The van der Waals surface area contributed by atoms with Gasteiger partial charge >= 0.3 is 5.97 Å². The normalized spacial score (nSPS) is 11.9.